The fourth-order valence-corrected chi connectivity index (χ4v) is 2.65. The maximum atomic E-state index is 12.4. The summed E-state index contributed by atoms with van der Waals surface area (Å²) < 4.78 is 0. The van der Waals surface area contributed by atoms with E-state index in [1.165, 1.54) is 6.42 Å². The first kappa shape index (κ1) is 14.1. The number of amides is 1. The number of hydrogen-bond acceptors (Lipinski definition) is 3. The number of aromatic nitrogens is 1. The monoisotopic (exact) mass is 281 g/mol. The van der Waals surface area contributed by atoms with Crippen molar-refractivity contribution in [2.24, 2.45) is 0 Å². The third-order valence-corrected chi connectivity index (χ3v) is 3.77. The SMILES string of the molecule is CC(Nc1ccnc(Cl)c1)C(=O)N1CCCCC1C. The highest BCUT2D eigenvalue weighted by Crippen LogP contribution is 2.19. The second-order valence-corrected chi connectivity index (χ2v) is 5.50. The number of carbonyl (C=O) groups is 1. The van der Waals surface area contributed by atoms with Crippen LogP contribution in [0.15, 0.2) is 18.3 Å². The van der Waals surface area contributed by atoms with E-state index < -0.39 is 0 Å². The molecule has 1 aliphatic rings. The van der Waals surface area contributed by atoms with Crippen molar-refractivity contribution in [3.05, 3.63) is 23.5 Å². The molecule has 1 aromatic heterocycles. The number of likely N-dealkylation sites (tertiary alicyclic amines) is 1. The number of hydrogen-bond donors (Lipinski definition) is 1. The Bertz CT molecular complexity index is 452. The number of pyridine rings is 1. The zero-order valence-corrected chi connectivity index (χ0v) is 12.2. The van der Waals surface area contributed by atoms with Crippen LogP contribution in [0.25, 0.3) is 0 Å². The van der Waals surface area contributed by atoms with E-state index in [0.29, 0.717) is 11.2 Å². The van der Waals surface area contributed by atoms with Crippen molar-refractivity contribution in [1.29, 1.82) is 0 Å². The van der Waals surface area contributed by atoms with Crippen molar-refractivity contribution in [2.45, 2.75) is 45.2 Å². The lowest BCUT2D eigenvalue weighted by Crippen LogP contribution is -2.48. The van der Waals surface area contributed by atoms with Crippen LogP contribution in [-0.4, -0.2) is 34.4 Å². The molecule has 1 amide bonds. The summed E-state index contributed by atoms with van der Waals surface area (Å²) in [5.41, 5.74) is 0.825. The zero-order chi connectivity index (χ0) is 13.8. The van der Waals surface area contributed by atoms with E-state index in [1.54, 1.807) is 12.3 Å². The molecule has 1 aliphatic heterocycles. The second kappa shape index (κ2) is 6.24. The Balaban J connectivity index is 1.99. The molecule has 19 heavy (non-hydrogen) atoms. The number of rotatable bonds is 3. The normalized spacial score (nSPS) is 21.0. The third-order valence-electron chi connectivity index (χ3n) is 3.57. The molecule has 1 aromatic rings. The molecular weight excluding hydrogens is 262 g/mol. The molecule has 0 spiro atoms. The summed E-state index contributed by atoms with van der Waals surface area (Å²) in [5.74, 6) is 0.153. The van der Waals surface area contributed by atoms with E-state index in [9.17, 15) is 4.79 Å². The maximum absolute atomic E-state index is 12.4. The Labute approximate surface area is 119 Å². The zero-order valence-electron chi connectivity index (χ0n) is 11.4. The van der Waals surface area contributed by atoms with Gasteiger partial charge in [-0.1, -0.05) is 11.6 Å². The standard InChI is InChI=1S/C14H20ClN3O/c1-10-5-3-4-8-18(10)14(19)11(2)17-12-6-7-16-13(15)9-12/h6-7,9-11H,3-5,8H2,1-2H3,(H,16,17). The summed E-state index contributed by atoms with van der Waals surface area (Å²) in [5, 5.41) is 3.61. The lowest BCUT2D eigenvalue weighted by atomic mass is 10.0. The minimum atomic E-state index is -0.251. The van der Waals surface area contributed by atoms with Gasteiger partial charge in [0.2, 0.25) is 5.91 Å². The van der Waals surface area contributed by atoms with Crippen molar-refractivity contribution >= 4 is 23.2 Å². The maximum Gasteiger partial charge on any atom is 0.245 e. The highest BCUT2D eigenvalue weighted by atomic mass is 35.5. The molecule has 2 heterocycles. The van der Waals surface area contributed by atoms with Crippen molar-refractivity contribution in [3.8, 4) is 0 Å². The molecule has 5 heteroatoms. The fourth-order valence-electron chi connectivity index (χ4n) is 2.48. The lowest BCUT2D eigenvalue weighted by Gasteiger charge is -2.35. The molecule has 2 unspecified atom stereocenters. The molecule has 0 bridgehead atoms. The highest BCUT2D eigenvalue weighted by Gasteiger charge is 2.26. The van der Waals surface area contributed by atoms with Crippen LogP contribution >= 0.6 is 11.6 Å². The van der Waals surface area contributed by atoms with Gasteiger partial charge in [-0.2, -0.15) is 0 Å². The molecule has 1 saturated heterocycles. The van der Waals surface area contributed by atoms with E-state index in [1.807, 2.05) is 17.9 Å². The van der Waals surface area contributed by atoms with Gasteiger partial charge in [-0.25, -0.2) is 4.98 Å². The van der Waals surface area contributed by atoms with Gasteiger partial charge in [-0.05, 0) is 45.2 Å². The molecular formula is C14H20ClN3O. The van der Waals surface area contributed by atoms with E-state index >= 15 is 0 Å². The predicted molar refractivity (Wildman–Crippen MR) is 77.4 cm³/mol. The van der Waals surface area contributed by atoms with Crippen molar-refractivity contribution in [2.75, 3.05) is 11.9 Å². The average molecular weight is 282 g/mol. The molecule has 0 aromatic carbocycles. The first-order valence-corrected chi connectivity index (χ1v) is 7.14. The second-order valence-electron chi connectivity index (χ2n) is 5.11. The largest absolute Gasteiger partial charge is 0.374 e. The van der Waals surface area contributed by atoms with Gasteiger partial charge in [0.15, 0.2) is 0 Å². The number of carbonyl (C=O) groups excluding carboxylic acids is 1. The summed E-state index contributed by atoms with van der Waals surface area (Å²) in [6.45, 7) is 4.87. The Morgan fingerprint density at radius 3 is 3.05 bits per heavy atom. The van der Waals surface area contributed by atoms with Crippen molar-refractivity contribution in [3.63, 3.8) is 0 Å². The number of piperidine rings is 1. The average Bonchev–Trinajstić information content (AvgIpc) is 2.38. The Morgan fingerprint density at radius 1 is 1.58 bits per heavy atom. The quantitative estimate of drug-likeness (QED) is 0.867. The topological polar surface area (TPSA) is 45.2 Å². The first-order chi connectivity index (χ1) is 9.08. The number of nitrogens with one attached hydrogen (secondary N) is 1. The summed E-state index contributed by atoms with van der Waals surface area (Å²) in [7, 11) is 0. The van der Waals surface area contributed by atoms with Gasteiger partial charge in [0.05, 0.1) is 0 Å². The third kappa shape index (κ3) is 3.60. The molecule has 1 N–H and O–H groups in total. The smallest absolute Gasteiger partial charge is 0.245 e. The number of halogens is 1. The molecule has 2 rings (SSSR count). The Kier molecular flexibility index (Phi) is 4.64. The van der Waals surface area contributed by atoms with Crippen LogP contribution in [0.4, 0.5) is 5.69 Å². The lowest BCUT2D eigenvalue weighted by molar-refractivity contribution is -0.134. The van der Waals surface area contributed by atoms with Gasteiger partial charge in [0.1, 0.15) is 11.2 Å². The van der Waals surface area contributed by atoms with Crippen LogP contribution < -0.4 is 5.32 Å². The summed E-state index contributed by atoms with van der Waals surface area (Å²) >= 11 is 5.83. The van der Waals surface area contributed by atoms with Crippen LogP contribution in [0.5, 0.6) is 0 Å². The number of nitrogens with zero attached hydrogens (tertiary/aromatic N) is 2. The minimum absolute atomic E-state index is 0.153. The van der Waals surface area contributed by atoms with Crippen LogP contribution in [0.3, 0.4) is 0 Å². The summed E-state index contributed by atoms with van der Waals surface area (Å²) in [6, 6.07) is 3.63. The highest BCUT2D eigenvalue weighted by molar-refractivity contribution is 6.29. The minimum Gasteiger partial charge on any atom is -0.374 e. The van der Waals surface area contributed by atoms with Crippen molar-refractivity contribution < 1.29 is 4.79 Å². The van der Waals surface area contributed by atoms with Crippen LogP contribution in [0.1, 0.15) is 33.1 Å². The molecule has 0 saturated carbocycles. The molecule has 1 fully saturated rings. The molecule has 2 atom stereocenters. The number of anilines is 1. The van der Waals surface area contributed by atoms with Gasteiger partial charge in [-0.15, -0.1) is 0 Å². The van der Waals surface area contributed by atoms with Crippen molar-refractivity contribution in [1.82, 2.24) is 9.88 Å². The van der Waals surface area contributed by atoms with Gasteiger partial charge < -0.3 is 10.2 Å². The Morgan fingerprint density at radius 2 is 2.37 bits per heavy atom. The van der Waals surface area contributed by atoms with E-state index in [4.69, 9.17) is 11.6 Å². The van der Waals surface area contributed by atoms with E-state index in [-0.39, 0.29) is 11.9 Å². The summed E-state index contributed by atoms with van der Waals surface area (Å²) in [4.78, 5) is 18.3. The first-order valence-electron chi connectivity index (χ1n) is 6.76. The fraction of sp³-hybridized carbons (Fsp3) is 0.571. The van der Waals surface area contributed by atoms with E-state index in [2.05, 4.69) is 17.2 Å². The molecule has 4 nitrogen and oxygen atoms in total. The van der Waals surface area contributed by atoms with Crippen LogP contribution in [-0.2, 0) is 4.79 Å². The molecule has 104 valence electrons. The summed E-state index contributed by atoms with van der Waals surface area (Å²) in [6.07, 6.45) is 5.04. The predicted octanol–water partition coefficient (Wildman–Crippen LogP) is 2.94. The van der Waals surface area contributed by atoms with Gasteiger partial charge >= 0.3 is 0 Å². The molecule has 0 radical (unpaired) electrons. The van der Waals surface area contributed by atoms with Crippen LogP contribution in [0.2, 0.25) is 5.15 Å². The van der Waals surface area contributed by atoms with Gasteiger partial charge in [-0.3, -0.25) is 4.79 Å². The van der Waals surface area contributed by atoms with Crippen LogP contribution in [0, 0.1) is 0 Å². The van der Waals surface area contributed by atoms with E-state index in [0.717, 1.165) is 25.1 Å². The molecule has 0 aliphatic carbocycles. The van der Waals surface area contributed by atoms with Gasteiger partial charge in [0, 0.05) is 24.5 Å². The Hall–Kier alpha value is -1.29. The van der Waals surface area contributed by atoms with Gasteiger partial charge in [0.25, 0.3) is 0 Å².